The van der Waals surface area contributed by atoms with Crippen molar-refractivity contribution in [2.75, 3.05) is 26.8 Å². The van der Waals surface area contributed by atoms with E-state index in [9.17, 15) is 18.4 Å². The molecule has 262 valence electrons. The van der Waals surface area contributed by atoms with E-state index in [4.69, 9.17) is 14.2 Å². The smallest absolute Gasteiger partial charge is 0.410 e. The largest absolute Gasteiger partial charge is 0.497 e. The number of hydrogen-bond acceptors (Lipinski definition) is 6. The maximum Gasteiger partial charge on any atom is 0.410 e. The minimum atomic E-state index is -0.729. The molecule has 2 aliphatic rings. The molecule has 0 bridgehead atoms. The quantitative estimate of drug-likeness (QED) is 0.165. The normalized spacial score (nSPS) is 16.9. The average Bonchev–Trinajstić information content (AvgIpc) is 3.65. The van der Waals surface area contributed by atoms with Crippen LogP contribution >= 0.6 is 11.8 Å². The number of nitrogens with zero attached hydrogens (tertiary/aromatic N) is 2. The number of carbonyl (C=O) groups excluding carboxylic acids is 2. The molecule has 1 saturated heterocycles. The highest BCUT2D eigenvalue weighted by atomic mass is 32.2. The molecule has 1 heterocycles. The van der Waals surface area contributed by atoms with Gasteiger partial charge in [0.1, 0.15) is 29.6 Å². The first-order valence-electron chi connectivity index (χ1n) is 16.8. The lowest BCUT2D eigenvalue weighted by atomic mass is 9.98. The standard InChI is InChI=1S/C40H42F2N2O5S/c1-40(2,3)49-39(46)44-23-31(50-25-26-13-16-30(47-4)17-14-26)20-29(44)22-43(21-27-19-28(41)15-18-37(27)42)38(45)48-24-36-34-11-7-5-9-32(34)33-10-6-8-12-35(33)36/h5-19,29,31,36H,20-25H2,1-4H3/t29-,31+/m0/s1. The number of ether oxygens (including phenoxy) is 3. The second kappa shape index (κ2) is 15.1. The van der Waals surface area contributed by atoms with E-state index in [0.29, 0.717) is 18.7 Å². The van der Waals surface area contributed by atoms with Gasteiger partial charge in [0, 0.05) is 35.6 Å². The predicted molar refractivity (Wildman–Crippen MR) is 191 cm³/mol. The zero-order chi connectivity index (χ0) is 35.4. The Balaban J connectivity index is 1.23. The molecule has 0 aromatic heterocycles. The fraction of sp³-hybridized carbons (Fsp3) is 0.350. The number of benzene rings is 4. The van der Waals surface area contributed by atoms with Crippen molar-refractivity contribution in [3.05, 3.63) is 125 Å². The van der Waals surface area contributed by atoms with Crippen molar-refractivity contribution < 1.29 is 32.6 Å². The molecule has 2 atom stereocenters. The summed E-state index contributed by atoms with van der Waals surface area (Å²) in [5.41, 5.74) is 4.73. The molecule has 0 radical (unpaired) electrons. The Morgan fingerprint density at radius 3 is 2.22 bits per heavy atom. The van der Waals surface area contributed by atoms with Crippen LogP contribution < -0.4 is 4.74 Å². The van der Waals surface area contributed by atoms with Gasteiger partial charge in [-0.3, -0.25) is 0 Å². The highest BCUT2D eigenvalue weighted by Crippen LogP contribution is 2.44. The monoisotopic (exact) mass is 700 g/mol. The molecule has 0 N–H and O–H groups in total. The summed E-state index contributed by atoms with van der Waals surface area (Å²) in [6.45, 7) is 5.71. The second-order valence-corrected chi connectivity index (χ2v) is 15.0. The Labute approximate surface area is 296 Å². The molecular weight excluding hydrogens is 659 g/mol. The molecule has 0 saturated carbocycles. The number of carbonyl (C=O) groups is 2. The number of methoxy groups -OCH3 is 1. The van der Waals surface area contributed by atoms with Crippen molar-refractivity contribution in [1.29, 1.82) is 0 Å². The third-order valence-electron chi connectivity index (χ3n) is 9.04. The number of halogens is 2. The third-order valence-corrected chi connectivity index (χ3v) is 10.4. The van der Waals surface area contributed by atoms with Gasteiger partial charge in [-0.2, -0.15) is 11.8 Å². The number of hydrogen-bond donors (Lipinski definition) is 0. The van der Waals surface area contributed by atoms with Crippen LogP contribution in [0.15, 0.2) is 91.0 Å². The van der Waals surface area contributed by atoms with Gasteiger partial charge in [0.25, 0.3) is 0 Å². The van der Waals surface area contributed by atoms with Crippen molar-refractivity contribution in [2.24, 2.45) is 0 Å². The Bertz CT molecular complexity index is 1780. The number of fused-ring (bicyclic) bond motifs is 3. The summed E-state index contributed by atoms with van der Waals surface area (Å²) in [4.78, 5) is 30.6. The first-order valence-corrected chi connectivity index (χ1v) is 17.8. The van der Waals surface area contributed by atoms with Crippen molar-refractivity contribution in [3.63, 3.8) is 0 Å². The van der Waals surface area contributed by atoms with E-state index >= 15 is 0 Å². The van der Waals surface area contributed by atoms with Gasteiger partial charge < -0.3 is 24.0 Å². The van der Waals surface area contributed by atoms with E-state index in [0.717, 1.165) is 51.8 Å². The summed E-state index contributed by atoms with van der Waals surface area (Å²) in [7, 11) is 1.63. The summed E-state index contributed by atoms with van der Waals surface area (Å²) in [6, 6.07) is 26.7. The lowest BCUT2D eigenvalue weighted by Crippen LogP contribution is -2.47. The van der Waals surface area contributed by atoms with Crippen LogP contribution in [0.4, 0.5) is 18.4 Å². The van der Waals surface area contributed by atoms with Crippen LogP contribution in [0.2, 0.25) is 0 Å². The maximum atomic E-state index is 15.0. The number of rotatable bonds is 10. The van der Waals surface area contributed by atoms with E-state index < -0.39 is 35.5 Å². The number of likely N-dealkylation sites (tertiary alicyclic amines) is 1. The van der Waals surface area contributed by atoms with E-state index in [1.54, 1.807) is 23.8 Å². The Hall–Kier alpha value is -4.57. The molecule has 4 aromatic rings. The highest BCUT2D eigenvalue weighted by Gasteiger charge is 2.40. The SMILES string of the molecule is COc1ccc(CS[C@@H]2C[C@@H](CN(Cc3cc(F)ccc3F)C(=O)OCC3c4ccccc4-c4ccccc43)N(C(=O)OC(C)(C)C)C2)cc1. The molecule has 0 unspecified atom stereocenters. The van der Waals surface area contributed by atoms with Gasteiger partial charge in [-0.1, -0.05) is 60.7 Å². The van der Waals surface area contributed by atoms with Gasteiger partial charge in [0.05, 0.1) is 19.7 Å². The third kappa shape index (κ3) is 8.24. The highest BCUT2D eigenvalue weighted by molar-refractivity contribution is 7.99. The van der Waals surface area contributed by atoms with Crippen LogP contribution in [0.1, 0.15) is 55.4 Å². The van der Waals surface area contributed by atoms with Crippen LogP contribution in [0.25, 0.3) is 11.1 Å². The van der Waals surface area contributed by atoms with E-state index in [1.165, 1.54) is 4.90 Å². The van der Waals surface area contributed by atoms with Gasteiger partial charge in [-0.15, -0.1) is 0 Å². The Kier molecular flexibility index (Phi) is 10.7. The predicted octanol–water partition coefficient (Wildman–Crippen LogP) is 9.04. The minimum Gasteiger partial charge on any atom is -0.497 e. The molecule has 10 heteroatoms. The summed E-state index contributed by atoms with van der Waals surface area (Å²) < 4.78 is 46.4. The van der Waals surface area contributed by atoms with Crippen LogP contribution in [0, 0.1) is 11.6 Å². The molecule has 6 rings (SSSR count). The van der Waals surface area contributed by atoms with E-state index in [1.807, 2.05) is 81.4 Å². The first kappa shape index (κ1) is 35.3. The summed E-state index contributed by atoms with van der Waals surface area (Å²) in [5.74, 6) is 0.0708. The van der Waals surface area contributed by atoms with Gasteiger partial charge in [-0.05, 0) is 85.3 Å². The molecule has 1 aliphatic carbocycles. The lowest BCUT2D eigenvalue weighted by Gasteiger charge is -2.32. The van der Waals surface area contributed by atoms with E-state index in [-0.39, 0.29) is 36.4 Å². The molecule has 1 fully saturated rings. The summed E-state index contributed by atoms with van der Waals surface area (Å²) >= 11 is 1.72. The van der Waals surface area contributed by atoms with Gasteiger partial charge in [0.15, 0.2) is 0 Å². The fourth-order valence-corrected chi connectivity index (χ4v) is 7.91. The maximum absolute atomic E-state index is 15.0. The molecule has 2 amide bonds. The Morgan fingerprint density at radius 2 is 1.58 bits per heavy atom. The Morgan fingerprint density at radius 1 is 0.920 bits per heavy atom. The van der Waals surface area contributed by atoms with Crippen molar-refractivity contribution in [1.82, 2.24) is 9.80 Å². The molecule has 50 heavy (non-hydrogen) atoms. The fourth-order valence-electron chi connectivity index (χ4n) is 6.66. The van der Waals surface area contributed by atoms with Crippen LogP contribution in [-0.2, 0) is 21.8 Å². The van der Waals surface area contributed by atoms with Crippen LogP contribution in [-0.4, -0.2) is 65.7 Å². The minimum absolute atomic E-state index is 0.0192. The van der Waals surface area contributed by atoms with Crippen molar-refractivity contribution >= 4 is 23.9 Å². The topological polar surface area (TPSA) is 68.3 Å². The first-order chi connectivity index (χ1) is 24.0. The zero-order valence-corrected chi connectivity index (χ0v) is 29.6. The molecule has 1 aliphatic heterocycles. The van der Waals surface area contributed by atoms with Gasteiger partial charge in [0.2, 0.25) is 0 Å². The second-order valence-electron chi connectivity index (χ2n) is 13.7. The molecular formula is C40H42F2N2O5S. The summed E-state index contributed by atoms with van der Waals surface area (Å²) in [5, 5.41) is 0.0462. The van der Waals surface area contributed by atoms with Gasteiger partial charge >= 0.3 is 12.2 Å². The van der Waals surface area contributed by atoms with Gasteiger partial charge in [-0.25, -0.2) is 18.4 Å². The van der Waals surface area contributed by atoms with Crippen molar-refractivity contribution in [3.8, 4) is 16.9 Å². The summed E-state index contributed by atoms with van der Waals surface area (Å²) in [6.07, 6.45) is -0.591. The van der Waals surface area contributed by atoms with E-state index in [2.05, 4.69) is 12.1 Å². The molecule has 7 nitrogen and oxygen atoms in total. The zero-order valence-electron chi connectivity index (χ0n) is 28.7. The molecule has 0 spiro atoms. The molecule has 4 aromatic carbocycles. The van der Waals surface area contributed by atoms with Crippen LogP contribution in [0.5, 0.6) is 5.75 Å². The van der Waals surface area contributed by atoms with Crippen LogP contribution in [0.3, 0.4) is 0 Å². The number of thioether (sulfide) groups is 1. The lowest BCUT2D eigenvalue weighted by molar-refractivity contribution is 0.0184. The van der Waals surface area contributed by atoms with Crippen molar-refractivity contribution in [2.45, 2.75) is 62.3 Å². The number of amides is 2. The average molecular weight is 701 g/mol.